The number of carbonyl (C=O) groups excluding carboxylic acids is 2. The highest BCUT2D eigenvalue weighted by atomic mass is 32.2. The van der Waals surface area contributed by atoms with Crippen molar-refractivity contribution in [2.24, 2.45) is 0 Å². The average Bonchev–Trinajstić information content (AvgIpc) is 3.14. The maximum Gasteiger partial charge on any atom is 0.269 e. The molecule has 2 aromatic carbocycles. The van der Waals surface area contributed by atoms with Gasteiger partial charge in [-0.3, -0.25) is 20.4 Å². The topological polar surface area (TPSA) is 88.9 Å². The molecule has 0 fully saturated rings. The Morgan fingerprint density at radius 1 is 0.963 bits per heavy atom. The number of benzene rings is 2. The first kappa shape index (κ1) is 18.7. The minimum absolute atomic E-state index is 0.113. The number of nitrogens with one attached hydrogen (secondary N) is 2. The summed E-state index contributed by atoms with van der Waals surface area (Å²) in [6, 6.07) is 18.4. The summed E-state index contributed by atoms with van der Waals surface area (Å²) in [5.41, 5.74) is 6.26. The van der Waals surface area contributed by atoms with Gasteiger partial charge < -0.3 is 4.57 Å². The zero-order valence-corrected chi connectivity index (χ0v) is 15.6. The average molecular weight is 381 g/mol. The summed E-state index contributed by atoms with van der Waals surface area (Å²) in [5, 5.41) is 9.08. The van der Waals surface area contributed by atoms with Crippen LogP contribution in [0.25, 0.3) is 11.4 Å². The maximum absolute atomic E-state index is 12.0. The predicted molar refractivity (Wildman–Crippen MR) is 104 cm³/mol. The number of carbonyl (C=O) groups is 2. The summed E-state index contributed by atoms with van der Waals surface area (Å²) in [5.74, 6) is 0.189. The van der Waals surface area contributed by atoms with Gasteiger partial charge in [-0.25, -0.2) is 0 Å². The molecule has 3 aromatic rings. The van der Waals surface area contributed by atoms with Crippen LogP contribution in [0, 0.1) is 0 Å². The van der Waals surface area contributed by atoms with Crippen molar-refractivity contribution in [3.63, 3.8) is 0 Å². The van der Waals surface area contributed by atoms with Crippen LogP contribution in [-0.4, -0.2) is 32.3 Å². The van der Waals surface area contributed by atoms with E-state index in [0.717, 1.165) is 11.4 Å². The van der Waals surface area contributed by atoms with Crippen LogP contribution in [0.3, 0.4) is 0 Å². The molecule has 8 heteroatoms. The van der Waals surface area contributed by atoms with Crippen molar-refractivity contribution in [1.29, 1.82) is 0 Å². The Morgan fingerprint density at radius 3 is 2.30 bits per heavy atom. The van der Waals surface area contributed by atoms with Crippen LogP contribution in [0.1, 0.15) is 17.3 Å². The lowest BCUT2D eigenvalue weighted by Gasteiger charge is -2.08. The molecule has 138 valence electrons. The molecule has 0 unspecified atom stereocenters. The largest absolute Gasteiger partial charge is 0.302 e. The Hall–Kier alpha value is -3.13. The number of thioether (sulfide) groups is 1. The van der Waals surface area contributed by atoms with Gasteiger partial charge >= 0.3 is 0 Å². The lowest BCUT2D eigenvalue weighted by atomic mass is 10.2. The van der Waals surface area contributed by atoms with Crippen LogP contribution in [0.2, 0.25) is 0 Å². The molecule has 0 aliphatic carbocycles. The third-order valence-corrected chi connectivity index (χ3v) is 4.72. The molecule has 2 amide bonds. The Bertz CT molecular complexity index is 912. The van der Waals surface area contributed by atoms with Crippen LogP contribution in [-0.2, 0) is 11.3 Å². The van der Waals surface area contributed by atoms with E-state index in [1.807, 2.05) is 47.9 Å². The summed E-state index contributed by atoms with van der Waals surface area (Å²) in [7, 11) is 0. The molecule has 1 heterocycles. The molecule has 3 rings (SSSR count). The van der Waals surface area contributed by atoms with Crippen molar-refractivity contribution in [2.45, 2.75) is 18.6 Å². The number of nitrogens with zero attached hydrogens (tertiary/aromatic N) is 3. The highest BCUT2D eigenvalue weighted by molar-refractivity contribution is 7.99. The first-order chi connectivity index (χ1) is 13.2. The molecular weight excluding hydrogens is 362 g/mol. The number of hydrazine groups is 1. The van der Waals surface area contributed by atoms with Crippen LogP contribution >= 0.6 is 11.8 Å². The van der Waals surface area contributed by atoms with Gasteiger partial charge in [-0.15, -0.1) is 10.2 Å². The summed E-state index contributed by atoms with van der Waals surface area (Å²) >= 11 is 1.27. The van der Waals surface area contributed by atoms with E-state index in [1.54, 1.807) is 24.3 Å². The third kappa shape index (κ3) is 4.73. The van der Waals surface area contributed by atoms with Gasteiger partial charge in [0.1, 0.15) is 0 Å². The minimum atomic E-state index is -0.364. The molecule has 0 aliphatic heterocycles. The molecule has 0 spiro atoms. The monoisotopic (exact) mass is 381 g/mol. The molecule has 0 saturated heterocycles. The summed E-state index contributed by atoms with van der Waals surface area (Å²) < 4.78 is 1.95. The molecular formula is C19H19N5O2S. The Kier molecular flexibility index (Phi) is 6.22. The number of amides is 2. The second-order valence-corrected chi connectivity index (χ2v) is 6.52. The molecule has 7 nitrogen and oxygen atoms in total. The standard InChI is InChI=1S/C19H19N5O2S/c1-2-24-17(14-9-5-3-6-10-14)21-23-19(24)27-13-16(25)20-22-18(26)15-11-7-4-8-12-15/h3-12H,2,13H2,1H3,(H,20,25)(H,22,26). The Balaban J connectivity index is 1.56. The van der Waals surface area contributed by atoms with Crippen molar-refractivity contribution in [3.05, 3.63) is 66.2 Å². The van der Waals surface area contributed by atoms with E-state index < -0.39 is 0 Å². The number of rotatable bonds is 6. The first-order valence-corrected chi connectivity index (χ1v) is 9.43. The van der Waals surface area contributed by atoms with E-state index in [9.17, 15) is 9.59 Å². The van der Waals surface area contributed by atoms with Crippen molar-refractivity contribution in [2.75, 3.05) is 5.75 Å². The lowest BCUT2D eigenvalue weighted by Crippen LogP contribution is -2.42. The number of hydrogen-bond donors (Lipinski definition) is 2. The highest BCUT2D eigenvalue weighted by Crippen LogP contribution is 2.23. The first-order valence-electron chi connectivity index (χ1n) is 8.44. The summed E-state index contributed by atoms with van der Waals surface area (Å²) in [4.78, 5) is 23.9. The summed E-state index contributed by atoms with van der Waals surface area (Å²) in [6.45, 7) is 2.69. The van der Waals surface area contributed by atoms with Gasteiger partial charge in [-0.05, 0) is 19.1 Å². The third-order valence-electron chi connectivity index (χ3n) is 3.75. The molecule has 2 N–H and O–H groups in total. The van der Waals surface area contributed by atoms with Gasteiger partial charge in [0.2, 0.25) is 5.91 Å². The quantitative estimate of drug-likeness (QED) is 0.506. The number of hydrogen-bond acceptors (Lipinski definition) is 5. The molecule has 0 saturated carbocycles. The molecule has 0 bridgehead atoms. The van der Waals surface area contributed by atoms with Crippen molar-refractivity contribution >= 4 is 23.6 Å². The van der Waals surface area contributed by atoms with Crippen LogP contribution in [0.5, 0.6) is 0 Å². The van der Waals surface area contributed by atoms with Crippen LogP contribution in [0.15, 0.2) is 65.8 Å². The van der Waals surface area contributed by atoms with E-state index in [-0.39, 0.29) is 17.6 Å². The molecule has 0 aliphatic rings. The van der Waals surface area contributed by atoms with E-state index >= 15 is 0 Å². The normalized spacial score (nSPS) is 10.4. The lowest BCUT2D eigenvalue weighted by molar-refractivity contribution is -0.119. The minimum Gasteiger partial charge on any atom is -0.302 e. The molecule has 1 aromatic heterocycles. The van der Waals surface area contributed by atoms with Gasteiger partial charge in [0, 0.05) is 17.7 Å². The van der Waals surface area contributed by atoms with Crippen LogP contribution in [0.4, 0.5) is 0 Å². The highest BCUT2D eigenvalue weighted by Gasteiger charge is 2.14. The Morgan fingerprint density at radius 2 is 1.63 bits per heavy atom. The van der Waals surface area contributed by atoms with Gasteiger partial charge in [0.25, 0.3) is 5.91 Å². The zero-order valence-electron chi connectivity index (χ0n) is 14.8. The zero-order chi connectivity index (χ0) is 19.1. The smallest absolute Gasteiger partial charge is 0.269 e. The second-order valence-electron chi connectivity index (χ2n) is 5.57. The number of aromatic nitrogens is 3. The summed E-state index contributed by atoms with van der Waals surface area (Å²) in [6.07, 6.45) is 0. The van der Waals surface area contributed by atoms with E-state index in [2.05, 4.69) is 21.0 Å². The van der Waals surface area contributed by atoms with Gasteiger partial charge in [-0.1, -0.05) is 60.3 Å². The molecule has 27 heavy (non-hydrogen) atoms. The predicted octanol–water partition coefficient (Wildman–Crippen LogP) is 2.52. The van der Waals surface area contributed by atoms with E-state index in [0.29, 0.717) is 17.3 Å². The van der Waals surface area contributed by atoms with E-state index in [1.165, 1.54) is 11.8 Å². The fourth-order valence-electron chi connectivity index (χ4n) is 2.44. The SMILES string of the molecule is CCn1c(SCC(=O)NNC(=O)c2ccccc2)nnc1-c1ccccc1. The van der Waals surface area contributed by atoms with Gasteiger partial charge in [-0.2, -0.15) is 0 Å². The van der Waals surface area contributed by atoms with Gasteiger partial charge in [0.05, 0.1) is 5.75 Å². The van der Waals surface area contributed by atoms with E-state index in [4.69, 9.17) is 0 Å². The fourth-order valence-corrected chi connectivity index (χ4v) is 3.24. The van der Waals surface area contributed by atoms with Crippen molar-refractivity contribution in [3.8, 4) is 11.4 Å². The van der Waals surface area contributed by atoms with Crippen molar-refractivity contribution in [1.82, 2.24) is 25.6 Å². The molecule has 0 atom stereocenters. The Labute approximate surface area is 161 Å². The molecule has 0 radical (unpaired) electrons. The second kappa shape index (κ2) is 9.00. The van der Waals surface area contributed by atoms with Crippen LogP contribution < -0.4 is 10.9 Å². The fraction of sp³-hybridized carbons (Fsp3) is 0.158. The van der Waals surface area contributed by atoms with Gasteiger partial charge in [0.15, 0.2) is 11.0 Å². The maximum atomic E-state index is 12.0. The van der Waals surface area contributed by atoms with Crippen molar-refractivity contribution < 1.29 is 9.59 Å².